The third-order valence-electron chi connectivity index (χ3n) is 5.03. The molecule has 1 saturated heterocycles. The highest BCUT2D eigenvalue weighted by Gasteiger charge is 2.35. The maximum absolute atomic E-state index is 12.9. The van der Waals surface area contributed by atoms with Crippen LogP contribution in [0.25, 0.3) is 6.08 Å². The van der Waals surface area contributed by atoms with E-state index in [1.165, 1.54) is 4.90 Å². The maximum Gasteiger partial charge on any atom is 0.343 e. The van der Waals surface area contributed by atoms with Crippen molar-refractivity contribution >= 4 is 35.0 Å². The molecule has 1 heterocycles. The van der Waals surface area contributed by atoms with E-state index in [0.717, 1.165) is 28.5 Å². The molecule has 5 nitrogen and oxygen atoms in total. The number of hydrogen-bond acceptors (Lipinski definition) is 5. The zero-order chi connectivity index (χ0) is 22.7. The van der Waals surface area contributed by atoms with Crippen LogP contribution in [0.1, 0.15) is 32.6 Å². The predicted octanol–water partition coefficient (Wildman–Crippen LogP) is 5.76. The second-order valence-electron chi connectivity index (χ2n) is 7.55. The quantitative estimate of drug-likeness (QED) is 0.285. The number of carbonyl (C=O) groups excluding carboxylic acids is 3. The summed E-state index contributed by atoms with van der Waals surface area (Å²) in [5, 5.41) is -0.323. The second-order valence-corrected chi connectivity index (χ2v) is 8.54. The molecule has 1 aliphatic rings. The smallest absolute Gasteiger partial charge is 0.343 e. The Morgan fingerprint density at radius 2 is 1.53 bits per heavy atom. The first-order valence-electron chi connectivity index (χ1n) is 10.1. The van der Waals surface area contributed by atoms with Crippen molar-refractivity contribution in [3.8, 4) is 5.75 Å². The van der Waals surface area contributed by atoms with Crippen molar-refractivity contribution in [1.82, 2.24) is 4.90 Å². The zero-order valence-electron chi connectivity index (χ0n) is 17.7. The molecule has 0 spiro atoms. The molecule has 0 atom stereocenters. The van der Waals surface area contributed by atoms with Crippen LogP contribution in [-0.2, 0) is 11.3 Å². The van der Waals surface area contributed by atoms with Gasteiger partial charge in [-0.1, -0.05) is 65.7 Å². The van der Waals surface area contributed by atoms with E-state index >= 15 is 0 Å². The number of nitrogens with zero attached hydrogens (tertiary/aromatic N) is 1. The minimum Gasteiger partial charge on any atom is -0.422 e. The van der Waals surface area contributed by atoms with Gasteiger partial charge >= 0.3 is 5.97 Å². The van der Waals surface area contributed by atoms with E-state index in [2.05, 4.69) is 0 Å². The molecule has 160 valence electrons. The minimum absolute atomic E-state index is 0.215. The first-order valence-corrected chi connectivity index (χ1v) is 10.9. The third kappa shape index (κ3) is 4.81. The normalized spacial score (nSPS) is 14.8. The van der Waals surface area contributed by atoms with E-state index in [9.17, 15) is 14.4 Å². The van der Waals surface area contributed by atoms with Crippen LogP contribution in [0.5, 0.6) is 5.75 Å². The molecule has 1 aliphatic heterocycles. The number of rotatable bonds is 5. The highest BCUT2D eigenvalue weighted by Crippen LogP contribution is 2.35. The van der Waals surface area contributed by atoms with Gasteiger partial charge in [0.05, 0.1) is 17.0 Å². The summed E-state index contributed by atoms with van der Waals surface area (Å²) in [5.41, 5.74) is 4.02. The SMILES string of the molecule is Cc1ccc(CN2C(=O)S/C(=C\c3ccccc3OC(=O)c3ccc(C)cc3)C2=O)cc1. The van der Waals surface area contributed by atoms with Gasteiger partial charge in [-0.25, -0.2) is 4.79 Å². The van der Waals surface area contributed by atoms with Crippen LogP contribution in [0.3, 0.4) is 0 Å². The molecule has 2 amide bonds. The van der Waals surface area contributed by atoms with E-state index in [1.54, 1.807) is 42.5 Å². The van der Waals surface area contributed by atoms with E-state index in [-0.39, 0.29) is 17.7 Å². The van der Waals surface area contributed by atoms with E-state index in [4.69, 9.17) is 4.74 Å². The molecule has 0 aliphatic carbocycles. The van der Waals surface area contributed by atoms with E-state index in [0.29, 0.717) is 21.8 Å². The summed E-state index contributed by atoms with van der Waals surface area (Å²) in [4.78, 5) is 39.4. The lowest BCUT2D eigenvalue weighted by atomic mass is 10.1. The molecule has 0 saturated carbocycles. The average molecular weight is 444 g/mol. The summed E-state index contributed by atoms with van der Waals surface area (Å²) in [5.74, 6) is -0.526. The number of hydrogen-bond donors (Lipinski definition) is 0. The Labute approximate surface area is 190 Å². The van der Waals surface area contributed by atoms with Crippen molar-refractivity contribution in [3.05, 3.63) is 106 Å². The molecule has 0 aromatic heterocycles. The Hall–Kier alpha value is -3.64. The fourth-order valence-electron chi connectivity index (χ4n) is 3.19. The number of imide groups is 1. The topological polar surface area (TPSA) is 63.7 Å². The monoisotopic (exact) mass is 443 g/mol. The Kier molecular flexibility index (Phi) is 6.23. The van der Waals surface area contributed by atoms with Crippen molar-refractivity contribution in [1.29, 1.82) is 0 Å². The molecule has 3 aromatic carbocycles. The van der Waals surface area contributed by atoms with E-state index < -0.39 is 5.97 Å². The zero-order valence-corrected chi connectivity index (χ0v) is 18.5. The molecule has 4 rings (SSSR count). The number of esters is 1. The van der Waals surface area contributed by atoms with Crippen LogP contribution in [0.15, 0.2) is 77.7 Å². The van der Waals surface area contributed by atoms with Crippen LogP contribution in [0, 0.1) is 13.8 Å². The van der Waals surface area contributed by atoms with Gasteiger partial charge < -0.3 is 4.74 Å². The largest absolute Gasteiger partial charge is 0.422 e. The summed E-state index contributed by atoms with van der Waals surface area (Å²) in [6.45, 7) is 4.14. The summed E-state index contributed by atoms with van der Waals surface area (Å²) in [7, 11) is 0. The highest BCUT2D eigenvalue weighted by atomic mass is 32.2. The van der Waals surface area contributed by atoms with Crippen LogP contribution >= 0.6 is 11.8 Å². The molecule has 0 bridgehead atoms. The van der Waals surface area contributed by atoms with Gasteiger partial charge in [0.2, 0.25) is 0 Å². The number of para-hydroxylation sites is 1. The van der Waals surface area contributed by atoms with Crippen molar-refractivity contribution in [2.24, 2.45) is 0 Å². The maximum atomic E-state index is 12.9. The van der Waals surface area contributed by atoms with Crippen molar-refractivity contribution in [2.45, 2.75) is 20.4 Å². The summed E-state index contributed by atoms with van der Waals surface area (Å²) in [6.07, 6.45) is 1.60. The van der Waals surface area contributed by atoms with Crippen LogP contribution in [-0.4, -0.2) is 22.0 Å². The summed E-state index contributed by atoms with van der Waals surface area (Å²) in [6, 6.07) is 21.7. The Balaban J connectivity index is 1.54. The fraction of sp³-hybridized carbons (Fsp3) is 0.115. The number of carbonyl (C=O) groups is 3. The van der Waals surface area contributed by atoms with Gasteiger partial charge in [-0.05, 0) is 55.4 Å². The fourth-order valence-corrected chi connectivity index (χ4v) is 4.02. The van der Waals surface area contributed by atoms with Gasteiger partial charge in [-0.3, -0.25) is 14.5 Å². The van der Waals surface area contributed by atoms with Gasteiger partial charge in [-0.2, -0.15) is 0 Å². The lowest BCUT2D eigenvalue weighted by Gasteiger charge is -2.12. The summed E-state index contributed by atoms with van der Waals surface area (Å²) < 4.78 is 5.57. The van der Waals surface area contributed by atoms with Crippen molar-refractivity contribution < 1.29 is 19.1 Å². The standard InChI is InChI=1S/C26H21NO4S/c1-17-7-11-19(12-8-17)16-27-24(28)23(32-26(27)30)15-21-5-3-4-6-22(21)31-25(29)20-13-9-18(2)10-14-20/h3-15H,16H2,1-2H3/b23-15-. The molecule has 0 unspecified atom stereocenters. The number of aryl methyl sites for hydroxylation is 2. The van der Waals surface area contributed by atoms with Gasteiger partial charge in [0.15, 0.2) is 0 Å². The number of benzene rings is 3. The van der Waals surface area contributed by atoms with Gasteiger partial charge in [0, 0.05) is 5.56 Å². The van der Waals surface area contributed by atoms with Gasteiger partial charge in [0.1, 0.15) is 5.75 Å². The first-order chi connectivity index (χ1) is 15.4. The van der Waals surface area contributed by atoms with Crippen LogP contribution in [0.2, 0.25) is 0 Å². The molecular weight excluding hydrogens is 422 g/mol. The number of amides is 2. The Morgan fingerprint density at radius 1 is 0.906 bits per heavy atom. The highest BCUT2D eigenvalue weighted by molar-refractivity contribution is 8.18. The van der Waals surface area contributed by atoms with Crippen LogP contribution < -0.4 is 4.74 Å². The molecular formula is C26H21NO4S. The Morgan fingerprint density at radius 3 is 2.22 bits per heavy atom. The predicted molar refractivity (Wildman–Crippen MR) is 125 cm³/mol. The van der Waals surface area contributed by atoms with Crippen molar-refractivity contribution in [2.75, 3.05) is 0 Å². The van der Waals surface area contributed by atoms with Crippen LogP contribution in [0.4, 0.5) is 4.79 Å². The Bertz CT molecular complexity index is 1210. The molecule has 3 aromatic rings. The molecule has 32 heavy (non-hydrogen) atoms. The minimum atomic E-state index is -0.488. The van der Waals surface area contributed by atoms with E-state index in [1.807, 2.05) is 50.2 Å². The number of thioether (sulfide) groups is 1. The molecule has 6 heteroatoms. The molecule has 0 N–H and O–H groups in total. The van der Waals surface area contributed by atoms with Gasteiger partial charge in [-0.15, -0.1) is 0 Å². The number of ether oxygens (including phenoxy) is 1. The second kappa shape index (κ2) is 9.24. The molecule has 0 radical (unpaired) electrons. The van der Waals surface area contributed by atoms with Crippen molar-refractivity contribution in [3.63, 3.8) is 0 Å². The lowest BCUT2D eigenvalue weighted by molar-refractivity contribution is -0.123. The average Bonchev–Trinajstić information content (AvgIpc) is 3.04. The first kappa shape index (κ1) is 21.6. The van der Waals surface area contributed by atoms with Gasteiger partial charge in [0.25, 0.3) is 11.1 Å². The third-order valence-corrected chi connectivity index (χ3v) is 5.94. The molecule has 1 fully saturated rings. The lowest BCUT2D eigenvalue weighted by Crippen LogP contribution is -2.27. The summed E-state index contributed by atoms with van der Waals surface area (Å²) >= 11 is 0.883.